The van der Waals surface area contributed by atoms with Crippen LogP contribution in [-0.4, -0.2) is 55.1 Å². The molecule has 0 unspecified atom stereocenters. The smallest absolute Gasteiger partial charge is 0.443 e. The van der Waals surface area contributed by atoms with Crippen molar-refractivity contribution in [3.63, 3.8) is 0 Å². The van der Waals surface area contributed by atoms with Crippen LogP contribution in [0.15, 0.2) is 18.3 Å². The number of anilines is 2. The number of hydrogen-bond donors (Lipinski definition) is 3. The third-order valence-electron chi connectivity index (χ3n) is 8.31. The Balaban J connectivity index is 1.05. The first-order valence-corrected chi connectivity index (χ1v) is 13.2. The normalized spacial score (nSPS) is 29.6. The molecular formula is C25H27F4N7O3. The van der Waals surface area contributed by atoms with Gasteiger partial charge in [0.15, 0.2) is 11.6 Å². The Morgan fingerprint density at radius 2 is 1.97 bits per heavy atom. The highest BCUT2D eigenvalue weighted by Gasteiger charge is 2.58. The van der Waals surface area contributed by atoms with Gasteiger partial charge in [0.2, 0.25) is 0 Å². The fourth-order valence-corrected chi connectivity index (χ4v) is 6.05. The summed E-state index contributed by atoms with van der Waals surface area (Å²) in [6, 6.07) is 3.15. The maximum atomic E-state index is 15.3. The summed E-state index contributed by atoms with van der Waals surface area (Å²) in [4.78, 5) is 17.0. The van der Waals surface area contributed by atoms with Gasteiger partial charge in [0, 0.05) is 29.1 Å². The minimum absolute atomic E-state index is 0.100. The van der Waals surface area contributed by atoms with Crippen LogP contribution in [0, 0.1) is 5.92 Å². The molecule has 10 nitrogen and oxygen atoms in total. The van der Waals surface area contributed by atoms with Crippen molar-refractivity contribution >= 4 is 23.2 Å². The van der Waals surface area contributed by atoms with Crippen LogP contribution in [0.4, 0.5) is 34.0 Å². The van der Waals surface area contributed by atoms with Crippen LogP contribution in [0.3, 0.4) is 0 Å². The minimum Gasteiger partial charge on any atom is -0.443 e. The Labute approximate surface area is 219 Å². The fraction of sp³-hybridized carbons (Fsp3) is 0.600. The lowest BCUT2D eigenvalue weighted by atomic mass is 9.50. The number of fused-ring (bicyclic) bond motifs is 1. The Morgan fingerprint density at radius 3 is 2.67 bits per heavy atom. The summed E-state index contributed by atoms with van der Waals surface area (Å²) < 4.78 is 63.7. The van der Waals surface area contributed by atoms with Crippen molar-refractivity contribution in [2.24, 2.45) is 5.92 Å². The number of nitrogens with zero attached hydrogens (tertiary/aromatic N) is 4. The number of aromatic nitrogens is 5. The number of H-pyrrole nitrogens is 1. The lowest BCUT2D eigenvalue weighted by Gasteiger charge is -2.61. The third-order valence-corrected chi connectivity index (χ3v) is 8.31. The monoisotopic (exact) mass is 549 g/mol. The molecule has 5 aliphatic rings. The molecule has 3 heterocycles. The second kappa shape index (κ2) is 8.80. The number of aromatic amines is 1. The number of halogens is 4. The lowest BCUT2D eigenvalue weighted by molar-refractivity contribution is -0.330. The molecule has 5 fully saturated rings. The molecule has 3 aromatic rings. The first-order chi connectivity index (χ1) is 18.6. The first-order valence-electron chi connectivity index (χ1n) is 13.2. The highest BCUT2D eigenvalue weighted by Crippen LogP contribution is 2.57. The molecule has 5 saturated carbocycles. The number of ether oxygens (including phenoxy) is 2. The zero-order valence-electron chi connectivity index (χ0n) is 20.8. The summed E-state index contributed by atoms with van der Waals surface area (Å²) in [5.41, 5.74) is 1.75. The van der Waals surface area contributed by atoms with Crippen molar-refractivity contribution in [2.75, 3.05) is 5.32 Å². The Bertz CT molecular complexity index is 1400. The minimum atomic E-state index is -4.77. The van der Waals surface area contributed by atoms with Gasteiger partial charge in [-0.2, -0.15) is 10.2 Å². The van der Waals surface area contributed by atoms with Gasteiger partial charge in [-0.1, -0.05) is 0 Å². The molecule has 8 rings (SSSR count). The molecule has 14 heteroatoms. The molecule has 1 amide bonds. The molecule has 3 aromatic heterocycles. The summed E-state index contributed by atoms with van der Waals surface area (Å²) in [6.45, 7) is -0.724. The van der Waals surface area contributed by atoms with Gasteiger partial charge in [-0.3, -0.25) is 9.84 Å². The largest absolute Gasteiger partial charge is 0.522 e. The molecule has 3 N–H and O–H groups in total. The van der Waals surface area contributed by atoms with E-state index in [0.29, 0.717) is 41.6 Å². The highest BCUT2D eigenvalue weighted by atomic mass is 19.4. The van der Waals surface area contributed by atoms with E-state index in [1.165, 1.54) is 10.6 Å². The topological polar surface area (TPSA) is 118 Å². The molecular weight excluding hydrogens is 522 g/mol. The molecule has 2 bridgehead atoms. The molecule has 0 radical (unpaired) electrons. The van der Waals surface area contributed by atoms with Crippen molar-refractivity contribution in [1.29, 1.82) is 0 Å². The summed E-state index contributed by atoms with van der Waals surface area (Å²) in [5, 5.41) is 17.4. The number of amides is 1. The van der Waals surface area contributed by atoms with Gasteiger partial charge in [0.25, 0.3) is 0 Å². The predicted molar refractivity (Wildman–Crippen MR) is 128 cm³/mol. The number of alkyl carbamates (subject to hydrolysis) is 1. The number of alkyl halides is 4. The van der Waals surface area contributed by atoms with Crippen molar-refractivity contribution < 1.29 is 31.8 Å². The van der Waals surface area contributed by atoms with Gasteiger partial charge in [0.05, 0.1) is 17.6 Å². The standard InChI is InChI=1S/C25H27F4N7O3/c26-21-15(3-4-19(21)39-23(37)32-24-7-12(8-24)9-24)16-6-20(34-33-16)31-22-18-5-14(11-38-25(27,28)29)35-36(18)10-17(30-22)13-1-2-13/h5-6,10,12-13,15,19,21H,1-4,7-9,11H2,(H,32,37)(H2,30,31,33,34)/t12?,15-,19-,21-,24?/m0/s1. The molecule has 39 heavy (non-hydrogen) atoms. The number of hydrogen-bond acceptors (Lipinski definition) is 7. The lowest BCUT2D eigenvalue weighted by Crippen LogP contribution is -2.68. The number of carbonyl (C=O) groups is 1. The van der Waals surface area contributed by atoms with Crippen molar-refractivity contribution in [3.05, 3.63) is 35.4 Å². The second-order valence-electron chi connectivity index (χ2n) is 11.3. The van der Waals surface area contributed by atoms with Gasteiger partial charge < -0.3 is 15.4 Å². The van der Waals surface area contributed by atoms with Gasteiger partial charge in [-0.25, -0.2) is 18.7 Å². The van der Waals surface area contributed by atoms with E-state index in [9.17, 15) is 18.0 Å². The average Bonchev–Trinajstić information content (AvgIpc) is 3.27. The number of nitrogens with one attached hydrogen (secondary N) is 3. The molecule has 0 aliphatic heterocycles. The fourth-order valence-electron chi connectivity index (χ4n) is 6.05. The Morgan fingerprint density at radius 1 is 1.18 bits per heavy atom. The first kappa shape index (κ1) is 24.6. The Kier molecular flexibility index (Phi) is 5.55. The summed E-state index contributed by atoms with van der Waals surface area (Å²) >= 11 is 0. The molecule has 0 saturated heterocycles. The van der Waals surface area contributed by atoms with E-state index >= 15 is 4.39 Å². The average molecular weight is 550 g/mol. The number of carbonyl (C=O) groups excluding carboxylic acids is 1. The highest BCUT2D eigenvalue weighted by molar-refractivity contribution is 5.73. The number of rotatable bonds is 8. The van der Waals surface area contributed by atoms with Crippen LogP contribution < -0.4 is 10.6 Å². The summed E-state index contributed by atoms with van der Waals surface area (Å²) in [7, 11) is 0. The van der Waals surface area contributed by atoms with E-state index in [0.717, 1.165) is 37.8 Å². The Hall–Kier alpha value is -3.42. The maximum absolute atomic E-state index is 15.3. The van der Waals surface area contributed by atoms with Gasteiger partial charge in [0.1, 0.15) is 24.4 Å². The van der Waals surface area contributed by atoms with Crippen LogP contribution in [0.25, 0.3) is 5.52 Å². The third kappa shape index (κ3) is 4.79. The van der Waals surface area contributed by atoms with Crippen molar-refractivity contribution in [1.82, 2.24) is 30.1 Å². The zero-order chi connectivity index (χ0) is 26.9. The van der Waals surface area contributed by atoms with E-state index < -0.39 is 37.3 Å². The second-order valence-corrected chi connectivity index (χ2v) is 11.3. The quantitative estimate of drug-likeness (QED) is 0.340. The van der Waals surface area contributed by atoms with Gasteiger partial charge >= 0.3 is 12.5 Å². The molecule has 3 atom stereocenters. The van der Waals surface area contributed by atoms with E-state index in [1.54, 1.807) is 12.3 Å². The van der Waals surface area contributed by atoms with Gasteiger partial charge in [-0.05, 0) is 56.9 Å². The maximum Gasteiger partial charge on any atom is 0.522 e. The van der Waals surface area contributed by atoms with E-state index in [1.807, 2.05) is 0 Å². The van der Waals surface area contributed by atoms with E-state index in [2.05, 4.69) is 35.7 Å². The zero-order valence-corrected chi connectivity index (χ0v) is 20.8. The van der Waals surface area contributed by atoms with E-state index in [4.69, 9.17) is 4.74 Å². The van der Waals surface area contributed by atoms with Crippen molar-refractivity contribution in [3.8, 4) is 0 Å². The molecule has 0 spiro atoms. The van der Waals surface area contributed by atoms with Crippen LogP contribution in [0.2, 0.25) is 0 Å². The molecule has 5 aliphatic carbocycles. The van der Waals surface area contributed by atoms with Gasteiger partial charge in [-0.15, -0.1) is 13.2 Å². The van der Waals surface area contributed by atoms with Crippen LogP contribution in [-0.2, 0) is 16.1 Å². The SMILES string of the molecule is O=C(NC12CC(C1)C2)O[C@H]1CC[C@@H](c2cc(Nc3nc(C4CC4)cn4nc(COC(F)(F)F)cc34)n[nH]2)[C@@H]1F. The van der Waals surface area contributed by atoms with Crippen LogP contribution >= 0.6 is 0 Å². The predicted octanol–water partition coefficient (Wildman–Crippen LogP) is 4.97. The van der Waals surface area contributed by atoms with Crippen LogP contribution in [0.1, 0.15) is 73.9 Å². The molecule has 208 valence electrons. The van der Waals surface area contributed by atoms with Crippen molar-refractivity contribution in [2.45, 2.75) is 87.6 Å². The summed E-state index contributed by atoms with van der Waals surface area (Å²) in [5.74, 6) is 1.20. The molecule has 0 aromatic carbocycles. The van der Waals surface area contributed by atoms with Crippen LogP contribution in [0.5, 0.6) is 0 Å². The summed E-state index contributed by atoms with van der Waals surface area (Å²) in [6.07, 6.45) is -0.0640. The van der Waals surface area contributed by atoms with E-state index in [-0.39, 0.29) is 17.2 Å².